The van der Waals surface area contributed by atoms with Crippen LogP contribution in [-0.4, -0.2) is 13.4 Å². The number of nitrogens with zero attached hydrogens (tertiary/aromatic N) is 1. The van der Waals surface area contributed by atoms with Crippen molar-refractivity contribution in [1.82, 2.24) is 4.98 Å². The summed E-state index contributed by atoms with van der Waals surface area (Å²) in [7, 11) is -4.14. The third kappa shape index (κ3) is 2.74. The second kappa shape index (κ2) is 4.44. The molecule has 2 N–H and O–H groups in total. The Morgan fingerprint density at radius 1 is 1.53 bits per heavy atom. The van der Waals surface area contributed by atoms with Crippen LogP contribution in [0.3, 0.4) is 0 Å². The van der Waals surface area contributed by atoms with Crippen LogP contribution >= 0.6 is 34.2 Å². The predicted octanol–water partition coefficient (Wildman–Crippen LogP) is 1.92. The van der Waals surface area contributed by atoms with Crippen LogP contribution in [0.4, 0.5) is 8.78 Å². The van der Waals surface area contributed by atoms with Crippen molar-refractivity contribution in [2.45, 2.75) is 11.3 Å². The summed E-state index contributed by atoms with van der Waals surface area (Å²) < 4.78 is 46.8. The largest absolute Gasteiger partial charge is 0.267 e. The average Bonchev–Trinajstić information content (AvgIpc) is 2.00. The average molecular weight is 369 g/mol. The number of nitrogens with two attached hydrogens (primary N) is 1. The Balaban J connectivity index is 3.56. The van der Waals surface area contributed by atoms with Gasteiger partial charge in [0, 0.05) is 6.20 Å². The highest BCUT2D eigenvalue weighted by Crippen LogP contribution is 2.33. The second-order valence-corrected chi connectivity index (χ2v) is 5.42. The second-order valence-electron chi connectivity index (χ2n) is 2.49. The number of halogens is 4. The number of aromatic nitrogens is 1. The van der Waals surface area contributed by atoms with Gasteiger partial charge < -0.3 is 0 Å². The van der Waals surface area contributed by atoms with Gasteiger partial charge in [-0.3, -0.25) is 0 Å². The van der Waals surface area contributed by atoms with E-state index in [1.54, 1.807) is 0 Å². The zero-order valence-electron chi connectivity index (χ0n) is 6.92. The molecule has 0 aliphatic carbocycles. The van der Waals surface area contributed by atoms with Crippen molar-refractivity contribution < 1.29 is 17.2 Å². The molecular weight excluding hydrogens is 364 g/mol. The molecule has 0 spiro atoms. The van der Waals surface area contributed by atoms with E-state index in [1.807, 2.05) is 0 Å². The van der Waals surface area contributed by atoms with Gasteiger partial charge in [-0.05, 0) is 22.6 Å². The number of sulfonamides is 1. The SMILES string of the molecule is NS(=O)(=O)c1cnc(I)c(C(F)F)c1Cl. The Hall–Kier alpha value is -0.0600. The Labute approximate surface area is 103 Å². The lowest BCUT2D eigenvalue weighted by atomic mass is 10.3. The summed E-state index contributed by atoms with van der Waals surface area (Å²) >= 11 is 7.04. The Morgan fingerprint density at radius 2 is 2.07 bits per heavy atom. The first-order valence-corrected chi connectivity index (χ1v) is 6.40. The van der Waals surface area contributed by atoms with Crippen molar-refractivity contribution in [2.24, 2.45) is 5.14 Å². The third-order valence-corrected chi connectivity index (χ3v) is 3.80. The van der Waals surface area contributed by atoms with Crippen LogP contribution in [0.15, 0.2) is 11.1 Å². The van der Waals surface area contributed by atoms with E-state index in [2.05, 4.69) is 4.98 Å². The summed E-state index contributed by atoms with van der Waals surface area (Å²) in [5, 5.41) is 4.20. The Bertz CT molecular complexity index is 494. The number of hydrogen-bond acceptors (Lipinski definition) is 3. The quantitative estimate of drug-likeness (QED) is 0.640. The minimum atomic E-state index is -4.14. The lowest BCUT2D eigenvalue weighted by molar-refractivity contribution is 0.149. The lowest BCUT2D eigenvalue weighted by Gasteiger charge is -2.08. The molecule has 1 rings (SSSR count). The monoisotopic (exact) mass is 368 g/mol. The van der Waals surface area contributed by atoms with Gasteiger partial charge in [0.15, 0.2) is 0 Å². The summed E-state index contributed by atoms with van der Waals surface area (Å²) in [4.78, 5) is 2.89. The number of rotatable bonds is 2. The van der Waals surface area contributed by atoms with Gasteiger partial charge in [0.2, 0.25) is 10.0 Å². The van der Waals surface area contributed by atoms with Gasteiger partial charge in [0.25, 0.3) is 6.43 Å². The van der Waals surface area contributed by atoms with E-state index in [-0.39, 0.29) is 3.70 Å². The van der Waals surface area contributed by atoms with Crippen molar-refractivity contribution in [1.29, 1.82) is 0 Å². The fourth-order valence-electron chi connectivity index (χ4n) is 0.849. The highest BCUT2D eigenvalue weighted by molar-refractivity contribution is 14.1. The van der Waals surface area contributed by atoms with Crippen LogP contribution in [0.5, 0.6) is 0 Å². The smallest absolute Gasteiger partial charge is 0.248 e. The van der Waals surface area contributed by atoms with Crippen molar-refractivity contribution >= 4 is 44.2 Å². The van der Waals surface area contributed by atoms with Crippen molar-refractivity contribution in [3.05, 3.63) is 20.5 Å². The molecule has 0 aliphatic heterocycles. The van der Waals surface area contributed by atoms with Crippen molar-refractivity contribution in [3.63, 3.8) is 0 Å². The first kappa shape index (κ1) is 13.0. The number of pyridine rings is 1. The minimum absolute atomic E-state index is 0.0556. The molecule has 0 amide bonds. The van der Waals surface area contributed by atoms with Crippen molar-refractivity contribution in [2.75, 3.05) is 0 Å². The molecular formula is C6H4ClF2IN2O2S. The summed E-state index contributed by atoms with van der Waals surface area (Å²) in [6, 6.07) is 0. The summed E-state index contributed by atoms with van der Waals surface area (Å²) in [5.41, 5.74) is -0.621. The van der Waals surface area contributed by atoms with Crippen LogP contribution in [0.2, 0.25) is 5.02 Å². The highest BCUT2D eigenvalue weighted by Gasteiger charge is 2.24. The first-order valence-electron chi connectivity index (χ1n) is 3.40. The van der Waals surface area contributed by atoms with Gasteiger partial charge in [-0.1, -0.05) is 11.6 Å². The molecule has 1 aromatic rings. The molecule has 15 heavy (non-hydrogen) atoms. The number of hydrogen-bond donors (Lipinski definition) is 1. The fourth-order valence-corrected chi connectivity index (χ4v) is 2.76. The van der Waals surface area contributed by atoms with Crippen LogP contribution in [-0.2, 0) is 10.0 Å². The van der Waals surface area contributed by atoms with Gasteiger partial charge in [-0.25, -0.2) is 27.3 Å². The Kier molecular flexibility index (Phi) is 3.85. The normalized spacial score (nSPS) is 12.1. The van der Waals surface area contributed by atoms with Gasteiger partial charge in [0.05, 0.1) is 10.6 Å². The molecule has 0 aliphatic rings. The molecule has 4 nitrogen and oxygen atoms in total. The molecule has 0 aromatic carbocycles. The van der Waals surface area contributed by atoms with Gasteiger partial charge in [-0.2, -0.15) is 0 Å². The maximum absolute atomic E-state index is 12.5. The molecule has 1 heterocycles. The molecule has 84 valence electrons. The minimum Gasteiger partial charge on any atom is -0.248 e. The van der Waals surface area contributed by atoms with E-state index in [0.717, 1.165) is 6.20 Å². The van der Waals surface area contributed by atoms with Gasteiger partial charge in [0.1, 0.15) is 8.60 Å². The molecule has 0 saturated carbocycles. The van der Waals surface area contributed by atoms with E-state index in [0.29, 0.717) is 0 Å². The zero-order chi connectivity index (χ0) is 11.8. The fraction of sp³-hybridized carbons (Fsp3) is 0.167. The summed E-state index contributed by atoms with van der Waals surface area (Å²) in [6.45, 7) is 0. The molecule has 0 fully saturated rings. The van der Waals surface area contributed by atoms with Crippen LogP contribution in [0.1, 0.15) is 12.0 Å². The molecule has 0 atom stereocenters. The molecule has 9 heteroatoms. The van der Waals surface area contributed by atoms with Crippen LogP contribution < -0.4 is 5.14 Å². The van der Waals surface area contributed by atoms with Crippen molar-refractivity contribution in [3.8, 4) is 0 Å². The molecule has 1 aromatic heterocycles. The maximum atomic E-state index is 12.5. The van der Waals surface area contributed by atoms with Crippen LogP contribution in [0, 0.1) is 3.70 Å². The third-order valence-electron chi connectivity index (χ3n) is 1.49. The maximum Gasteiger partial charge on any atom is 0.267 e. The van der Waals surface area contributed by atoms with Crippen LogP contribution in [0.25, 0.3) is 0 Å². The molecule has 0 unspecified atom stereocenters. The Morgan fingerprint density at radius 3 is 2.47 bits per heavy atom. The van der Waals surface area contributed by atoms with E-state index < -0.39 is 31.9 Å². The number of alkyl halides is 2. The number of primary sulfonamides is 1. The van der Waals surface area contributed by atoms with E-state index in [4.69, 9.17) is 16.7 Å². The van der Waals surface area contributed by atoms with E-state index >= 15 is 0 Å². The first-order chi connectivity index (χ1) is 6.75. The standard InChI is InChI=1S/C6H4ClF2IN2O2S/c7-4-2(15(11,13)14)1-12-6(10)3(4)5(8)9/h1,5H,(H2,11,13,14). The van der Waals surface area contributed by atoms with E-state index in [1.165, 1.54) is 22.6 Å². The zero-order valence-corrected chi connectivity index (χ0v) is 10.6. The topological polar surface area (TPSA) is 73.1 Å². The summed E-state index contributed by atoms with van der Waals surface area (Å²) in [5.74, 6) is 0. The molecule has 0 radical (unpaired) electrons. The summed E-state index contributed by atoms with van der Waals surface area (Å²) in [6.07, 6.45) is -2.05. The van der Waals surface area contributed by atoms with Gasteiger partial charge >= 0.3 is 0 Å². The molecule has 0 bridgehead atoms. The predicted molar refractivity (Wildman–Crippen MR) is 58.3 cm³/mol. The van der Waals surface area contributed by atoms with Gasteiger partial charge in [-0.15, -0.1) is 0 Å². The molecule has 0 saturated heterocycles. The lowest BCUT2D eigenvalue weighted by Crippen LogP contribution is -2.14. The highest BCUT2D eigenvalue weighted by atomic mass is 127. The van der Waals surface area contributed by atoms with E-state index in [9.17, 15) is 17.2 Å².